The van der Waals surface area contributed by atoms with E-state index in [2.05, 4.69) is 32.7 Å². The minimum atomic E-state index is 0.544. The molecule has 0 radical (unpaired) electrons. The van der Waals surface area contributed by atoms with Gasteiger partial charge in [-0.15, -0.1) is 0 Å². The highest BCUT2D eigenvalue weighted by atomic mass is 15.3. The maximum Gasteiger partial charge on any atom is 0.238 e. The van der Waals surface area contributed by atoms with Crippen molar-refractivity contribution in [2.24, 2.45) is 0 Å². The van der Waals surface area contributed by atoms with E-state index in [1.54, 1.807) is 0 Å². The first-order chi connectivity index (χ1) is 18.9. The van der Waals surface area contributed by atoms with E-state index in [4.69, 9.17) is 19.9 Å². The summed E-state index contributed by atoms with van der Waals surface area (Å²) in [5, 5.41) is 0. The topological polar surface area (TPSA) is 72.6 Å². The molecule has 0 saturated heterocycles. The Morgan fingerprint density at radius 2 is 1.11 bits per heavy atom. The zero-order chi connectivity index (χ0) is 25.1. The Morgan fingerprint density at radius 1 is 0.474 bits per heavy atom. The van der Waals surface area contributed by atoms with Crippen molar-refractivity contribution in [2.75, 3.05) is 4.90 Å². The average molecular weight is 490 g/mol. The van der Waals surface area contributed by atoms with Gasteiger partial charge in [0.15, 0.2) is 11.6 Å². The summed E-state index contributed by atoms with van der Waals surface area (Å²) in [6, 6.07) is 34.4. The van der Waals surface area contributed by atoms with E-state index >= 15 is 0 Å². The first-order valence-electron chi connectivity index (χ1n) is 12.4. The van der Waals surface area contributed by atoms with Gasteiger partial charge >= 0.3 is 0 Å². The summed E-state index contributed by atoms with van der Waals surface area (Å²) in [7, 11) is 0. The number of fused-ring (bicyclic) bond motifs is 5. The third-order valence-electron chi connectivity index (χ3n) is 6.87. The van der Waals surface area contributed by atoms with E-state index in [0.717, 1.165) is 50.3 Å². The Balaban J connectivity index is 1.46. The molecule has 5 heterocycles. The Hall–Kier alpha value is -5.43. The van der Waals surface area contributed by atoms with Gasteiger partial charge in [0.05, 0.1) is 28.1 Å². The summed E-state index contributed by atoms with van der Waals surface area (Å²) in [4.78, 5) is 26.5. The fourth-order valence-corrected chi connectivity index (χ4v) is 5.23. The van der Waals surface area contributed by atoms with Crippen LogP contribution in [-0.2, 0) is 0 Å². The predicted molar refractivity (Wildman–Crippen MR) is 149 cm³/mol. The molecule has 3 aromatic carbocycles. The highest BCUT2D eigenvalue weighted by Crippen LogP contribution is 2.47. The fraction of sp³-hybridized carbons (Fsp3) is 0. The quantitative estimate of drug-likeness (QED) is 0.269. The lowest BCUT2D eigenvalue weighted by Crippen LogP contribution is -2.21. The second kappa shape index (κ2) is 8.04. The highest BCUT2D eigenvalue weighted by Gasteiger charge is 2.31. The molecule has 38 heavy (non-hydrogen) atoms. The molecular formula is C31H19N7. The van der Waals surface area contributed by atoms with Gasteiger partial charge in [-0.2, -0.15) is 9.97 Å². The molecule has 0 N–H and O–H groups in total. The number of benzene rings is 3. The third kappa shape index (κ3) is 2.99. The lowest BCUT2D eigenvalue weighted by molar-refractivity contribution is 1.00. The van der Waals surface area contributed by atoms with E-state index in [0.29, 0.717) is 17.6 Å². The van der Waals surface area contributed by atoms with Crippen molar-refractivity contribution in [2.45, 2.75) is 0 Å². The Labute approximate surface area is 217 Å². The zero-order valence-electron chi connectivity index (χ0n) is 20.1. The van der Waals surface area contributed by atoms with Crippen LogP contribution in [0.25, 0.3) is 50.5 Å². The average Bonchev–Trinajstić information content (AvgIpc) is 3.34. The number of anilines is 3. The number of aromatic nitrogens is 6. The molecule has 0 atom stereocenters. The lowest BCUT2D eigenvalue weighted by Gasteiger charge is -2.31. The van der Waals surface area contributed by atoms with Gasteiger partial charge in [0.25, 0.3) is 0 Å². The van der Waals surface area contributed by atoms with Crippen LogP contribution < -0.4 is 4.90 Å². The molecule has 0 saturated carbocycles. The van der Waals surface area contributed by atoms with E-state index in [1.807, 2.05) is 97.3 Å². The van der Waals surface area contributed by atoms with Gasteiger partial charge in [-0.1, -0.05) is 72.8 Å². The maximum atomic E-state index is 5.02. The smallest absolute Gasteiger partial charge is 0.238 e. The van der Waals surface area contributed by atoms with Crippen LogP contribution in [0.5, 0.6) is 0 Å². The van der Waals surface area contributed by atoms with Gasteiger partial charge < -0.3 is 4.57 Å². The van der Waals surface area contributed by atoms with Crippen LogP contribution in [0.1, 0.15) is 0 Å². The van der Waals surface area contributed by atoms with Gasteiger partial charge in [-0.3, -0.25) is 14.9 Å². The monoisotopic (exact) mass is 489 g/mol. The van der Waals surface area contributed by atoms with Crippen molar-refractivity contribution in [3.05, 3.63) is 116 Å². The number of hydrogen-bond acceptors (Lipinski definition) is 6. The molecular weight excluding hydrogens is 470 g/mol. The van der Waals surface area contributed by atoms with Crippen LogP contribution in [0.2, 0.25) is 0 Å². The lowest BCUT2D eigenvalue weighted by atomic mass is 10.1. The third-order valence-corrected chi connectivity index (χ3v) is 6.87. The second-order valence-corrected chi connectivity index (χ2v) is 9.07. The summed E-state index contributed by atoms with van der Waals surface area (Å²) in [6.07, 6.45) is 3.64. The first kappa shape index (κ1) is 20.7. The molecule has 7 nitrogen and oxygen atoms in total. The van der Waals surface area contributed by atoms with Crippen LogP contribution in [0.3, 0.4) is 0 Å². The summed E-state index contributed by atoms with van der Waals surface area (Å²) < 4.78 is 2.24. The molecule has 0 fully saturated rings. The van der Waals surface area contributed by atoms with Gasteiger partial charge in [0.1, 0.15) is 11.0 Å². The zero-order valence-corrected chi connectivity index (χ0v) is 20.1. The molecule has 7 aromatic rings. The molecule has 1 aliphatic rings. The van der Waals surface area contributed by atoms with Crippen LogP contribution >= 0.6 is 0 Å². The van der Waals surface area contributed by atoms with Crippen molar-refractivity contribution < 1.29 is 0 Å². The molecule has 4 aromatic heterocycles. The van der Waals surface area contributed by atoms with Crippen LogP contribution in [0, 0.1) is 0 Å². The molecule has 8 rings (SSSR count). The van der Waals surface area contributed by atoms with Gasteiger partial charge in [-0.05, 0) is 30.3 Å². The van der Waals surface area contributed by atoms with E-state index in [1.165, 1.54) is 0 Å². The van der Waals surface area contributed by atoms with Crippen LogP contribution in [0.15, 0.2) is 116 Å². The number of pyridine rings is 2. The van der Waals surface area contributed by atoms with Gasteiger partial charge in [0, 0.05) is 23.5 Å². The van der Waals surface area contributed by atoms with Crippen molar-refractivity contribution in [3.63, 3.8) is 0 Å². The second-order valence-electron chi connectivity index (χ2n) is 9.07. The van der Waals surface area contributed by atoms with Crippen molar-refractivity contribution in [1.82, 2.24) is 29.5 Å². The van der Waals surface area contributed by atoms with Crippen molar-refractivity contribution in [3.8, 4) is 28.5 Å². The molecule has 0 amide bonds. The maximum absolute atomic E-state index is 5.02. The summed E-state index contributed by atoms with van der Waals surface area (Å²) >= 11 is 0. The summed E-state index contributed by atoms with van der Waals surface area (Å²) in [5.41, 5.74) is 8.49. The summed E-state index contributed by atoms with van der Waals surface area (Å²) in [5.74, 6) is 1.78. The SMILES string of the molecule is c1ccc(-c2nc(-c3ccccc3)nc(N3c4ccccc4-n4c5cccnc5c5nccc3c54)n2)cc1. The summed E-state index contributed by atoms with van der Waals surface area (Å²) in [6.45, 7) is 0. The number of hydrogen-bond donors (Lipinski definition) is 0. The fourth-order valence-electron chi connectivity index (χ4n) is 5.23. The predicted octanol–water partition coefficient (Wildman–Crippen LogP) is 6.88. The normalized spacial score (nSPS) is 12.2. The molecule has 1 aliphatic heterocycles. The molecule has 0 unspecified atom stereocenters. The Kier molecular flexibility index (Phi) is 4.39. The van der Waals surface area contributed by atoms with Crippen LogP contribution in [-0.4, -0.2) is 29.5 Å². The molecule has 0 bridgehead atoms. The molecule has 178 valence electrons. The van der Waals surface area contributed by atoms with Crippen molar-refractivity contribution >= 4 is 39.4 Å². The largest absolute Gasteiger partial charge is 0.302 e. The van der Waals surface area contributed by atoms with Crippen molar-refractivity contribution in [1.29, 1.82) is 0 Å². The standard InChI is InChI=1S/C31H19N7/c1-3-10-20(11-4-1)29-34-30(21-12-5-2-6-13-21)36-31(35-29)38-23-15-8-7-14-22(23)37-24-16-9-18-32-26(24)27-28(37)25(38)17-19-33-27/h1-19H. The Bertz CT molecular complexity index is 1920. The van der Waals surface area contributed by atoms with Crippen LogP contribution in [0.4, 0.5) is 17.3 Å². The number of para-hydroxylation sites is 2. The molecule has 0 aliphatic carbocycles. The van der Waals surface area contributed by atoms with Gasteiger partial charge in [0.2, 0.25) is 5.95 Å². The minimum Gasteiger partial charge on any atom is -0.302 e. The van der Waals surface area contributed by atoms with Gasteiger partial charge in [-0.25, -0.2) is 4.98 Å². The van der Waals surface area contributed by atoms with E-state index in [-0.39, 0.29) is 0 Å². The molecule has 0 spiro atoms. The van der Waals surface area contributed by atoms with E-state index < -0.39 is 0 Å². The number of rotatable bonds is 3. The number of nitrogens with zero attached hydrogens (tertiary/aromatic N) is 7. The van der Waals surface area contributed by atoms with E-state index in [9.17, 15) is 0 Å². The first-order valence-corrected chi connectivity index (χ1v) is 12.4. The molecule has 7 heteroatoms. The minimum absolute atomic E-state index is 0.544. The Morgan fingerprint density at radius 3 is 1.82 bits per heavy atom. The highest BCUT2D eigenvalue weighted by molar-refractivity contribution is 6.13.